The average molecular weight is 352 g/mol. The smallest absolute Gasteiger partial charge is 0.252 e. The van der Waals surface area contributed by atoms with E-state index in [2.05, 4.69) is 24.5 Å². The van der Waals surface area contributed by atoms with Crippen LogP contribution < -0.4 is 10.6 Å². The molecule has 130 valence electrons. The fraction of sp³-hybridized carbons (Fsp3) is 0.471. The van der Waals surface area contributed by atoms with E-state index < -0.39 is 6.04 Å². The third kappa shape index (κ3) is 4.47. The van der Waals surface area contributed by atoms with E-state index in [0.29, 0.717) is 28.9 Å². The average Bonchev–Trinajstić information content (AvgIpc) is 2.74. The zero-order chi connectivity index (χ0) is 17.9. The highest BCUT2D eigenvalue weighted by Crippen LogP contribution is 2.27. The number of rotatable bonds is 6. The number of anilines is 2. The highest BCUT2D eigenvalue weighted by Gasteiger charge is 2.38. The molecule has 0 aromatic heterocycles. The molecule has 0 unspecified atom stereocenters. The second-order valence-corrected chi connectivity index (χ2v) is 6.75. The molecule has 6 nitrogen and oxygen atoms in total. The predicted octanol–water partition coefficient (Wildman–Crippen LogP) is 2.88. The summed E-state index contributed by atoms with van der Waals surface area (Å²) in [5.41, 5.74) is 1.13. The maximum absolute atomic E-state index is 12.4. The van der Waals surface area contributed by atoms with E-state index in [9.17, 15) is 14.4 Å². The summed E-state index contributed by atoms with van der Waals surface area (Å²) in [6.07, 6.45) is 0.934. The van der Waals surface area contributed by atoms with Crippen LogP contribution in [-0.2, 0) is 14.4 Å². The topological polar surface area (TPSA) is 78.5 Å². The number of likely N-dealkylation sites (tertiary alicyclic amines) is 1. The minimum absolute atomic E-state index is 0.141. The number of amides is 3. The molecule has 2 rings (SSSR count). The summed E-state index contributed by atoms with van der Waals surface area (Å²) in [7, 11) is 0. The summed E-state index contributed by atoms with van der Waals surface area (Å²) in [4.78, 5) is 36.8. The normalized spacial score (nSPS) is 17.5. The van der Waals surface area contributed by atoms with Gasteiger partial charge in [-0.25, -0.2) is 0 Å². The highest BCUT2D eigenvalue weighted by atomic mass is 35.5. The number of benzene rings is 1. The van der Waals surface area contributed by atoms with Crippen LogP contribution in [0.4, 0.5) is 11.4 Å². The number of nitrogens with zero attached hydrogens (tertiary/aromatic N) is 1. The van der Waals surface area contributed by atoms with E-state index in [-0.39, 0.29) is 24.1 Å². The van der Waals surface area contributed by atoms with Crippen molar-refractivity contribution in [3.8, 4) is 0 Å². The Labute approximate surface area is 146 Å². The van der Waals surface area contributed by atoms with Crippen LogP contribution in [0.25, 0.3) is 0 Å². The van der Waals surface area contributed by atoms with Gasteiger partial charge in [-0.1, -0.05) is 25.4 Å². The first-order chi connectivity index (χ1) is 11.3. The molecule has 24 heavy (non-hydrogen) atoms. The Hall–Kier alpha value is -2.08. The van der Waals surface area contributed by atoms with Crippen LogP contribution in [0.2, 0.25) is 5.02 Å². The molecule has 1 aliphatic heterocycles. The van der Waals surface area contributed by atoms with Gasteiger partial charge in [-0.2, -0.15) is 0 Å². The van der Waals surface area contributed by atoms with Crippen LogP contribution in [-0.4, -0.2) is 35.2 Å². The fourth-order valence-corrected chi connectivity index (χ4v) is 2.74. The summed E-state index contributed by atoms with van der Waals surface area (Å²) in [6, 6.07) is 4.42. The van der Waals surface area contributed by atoms with Crippen LogP contribution in [0.1, 0.15) is 33.6 Å². The molecule has 3 amide bonds. The second kappa shape index (κ2) is 7.66. The molecule has 0 radical (unpaired) electrons. The van der Waals surface area contributed by atoms with Crippen molar-refractivity contribution >= 4 is 40.7 Å². The molecule has 0 spiro atoms. The maximum Gasteiger partial charge on any atom is 0.252 e. The number of carbonyl (C=O) groups is 3. The largest absolute Gasteiger partial charge is 0.373 e. The number of carbonyl (C=O) groups excluding carboxylic acids is 3. The zero-order valence-corrected chi connectivity index (χ0v) is 14.8. The Morgan fingerprint density at radius 3 is 2.67 bits per heavy atom. The quantitative estimate of drug-likeness (QED) is 0.772. The molecule has 0 bridgehead atoms. The monoisotopic (exact) mass is 351 g/mol. The third-order valence-electron chi connectivity index (χ3n) is 3.79. The number of halogens is 1. The number of nitrogens with one attached hydrogen (secondary N) is 2. The predicted molar refractivity (Wildman–Crippen MR) is 94.0 cm³/mol. The summed E-state index contributed by atoms with van der Waals surface area (Å²) in [5.74, 6) is -0.144. The van der Waals surface area contributed by atoms with Crippen molar-refractivity contribution in [3.63, 3.8) is 0 Å². The van der Waals surface area contributed by atoms with E-state index >= 15 is 0 Å². The van der Waals surface area contributed by atoms with Crippen LogP contribution in [0.15, 0.2) is 18.2 Å². The van der Waals surface area contributed by atoms with Gasteiger partial charge < -0.3 is 10.6 Å². The van der Waals surface area contributed by atoms with E-state index in [1.165, 1.54) is 11.8 Å². The van der Waals surface area contributed by atoms with Gasteiger partial charge in [0.05, 0.1) is 17.1 Å². The minimum Gasteiger partial charge on any atom is -0.373 e. The molecule has 1 saturated heterocycles. The molecular weight excluding hydrogens is 330 g/mol. The second-order valence-electron chi connectivity index (χ2n) is 6.34. The van der Waals surface area contributed by atoms with Crippen LogP contribution >= 0.6 is 11.6 Å². The lowest BCUT2D eigenvalue weighted by atomic mass is 10.1. The van der Waals surface area contributed by atoms with Gasteiger partial charge in [-0.3, -0.25) is 19.3 Å². The molecule has 1 heterocycles. The molecule has 1 fully saturated rings. The van der Waals surface area contributed by atoms with Gasteiger partial charge in [0.25, 0.3) is 5.91 Å². The standard InChI is InChI=1S/C17H22ClN3O3/c1-10(2)6-7-21-16(23)9-15(17(21)24)20-12-4-5-14(13(18)8-12)19-11(3)22/h4-5,8,10,15,20H,6-7,9H2,1-3H3,(H,19,22)/t15-/m0/s1. The van der Waals surface area contributed by atoms with Gasteiger partial charge in [0.15, 0.2) is 0 Å². The molecule has 0 saturated carbocycles. The Morgan fingerprint density at radius 1 is 1.38 bits per heavy atom. The molecule has 0 aliphatic carbocycles. The van der Waals surface area contributed by atoms with Crippen molar-refractivity contribution in [2.45, 2.75) is 39.7 Å². The molecular formula is C17H22ClN3O3. The highest BCUT2D eigenvalue weighted by molar-refractivity contribution is 6.34. The van der Waals surface area contributed by atoms with E-state index in [0.717, 1.165) is 6.42 Å². The summed E-state index contributed by atoms with van der Waals surface area (Å²) >= 11 is 6.12. The van der Waals surface area contributed by atoms with Crippen molar-refractivity contribution in [2.24, 2.45) is 5.92 Å². The molecule has 7 heteroatoms. The van der Waals surface area contributed by atoms with Crippen molar-refractivity contribution < 1.29 is 14.4 Å². The van der Waals surface area contributed by atoms with Crippen LogP contribution in [0.5, 0.6) is 0 Å². The number of imide groups is 1. The summed E-state index contributed by atoms with van der Waals surface area (Å²) in [5, 5.41) is 6.03. The van der Waals surface area contributed by atoms with E-state index in [1.807, 2.05) is 0 Å². The van der Waals surface area contributed by atoms with Crippen molar-refractivity contribution in [1.82, 2.24) is 4.90 Å². The fourth-order valence-electron chi connectivity index (χ4n) is 2.52. The van der Waals surface area contributed by atoms with Crippen LogP contribution in [0, 0.1) is 5.92 Å². The van der Waals surface area contributed by atoms with Gasteiger partial charge in [0.1, 0.15) is 6.04 Å². The summed E-state index contributed by atoms with van der Waals surface area (Å²) in [6.45, 7) is 5.96. The Balaban J connectivity index is 2.03. The van der Waals surface area contributed by atoms with Gasteiger partial charge >= 0.3 is 0 Å². The van der Waals surface area contributed by atoms with Gasteiger partial charge in [-0.15, -0.1) is 0 Å². The molecule has 1 aliphatic rings. The number of hydrogen-bond acceptors (Lipinski definition) is 4. The lowest BCUT2D eigenvalue weighted by Crippen LogP contribution is -2.35. The lowest BCUT2D eigenvalue weighted by molar-refractivity contribution is -0.138. The lowest BCUT2D eigenvalue weighted by Gasteiger charge is -2.17. The third-order valence-corrected chi connectivity index (χ3v) is 4.11. The first kappa shape index (κ1) is 18.3. The van der Waals surface area contributed by atoms with Crippen molar-refractivity contribution in [3.05, 3.63) is 23.2 Å². The van der Waals surface area contributed by atoms with Gasteiger partial charge in [0, 0.05) is 19.2 Å². The first-order valence-electron chi connectivity index (χ1n) is 7.95. The van der Waals surface area contributed by atoms with Crippen LogP contribution in [0.3, 0.4) is 0 Å². The SMILES string of the molecule is CC(=O)Nc1ccc(N[C@H]2CC(=O)N(CCC(C)C)C2=O)cc1Cl. The Kier molecular flexibility index (Phi) is 5.83. The first-order valence-corrected chi connectivity index (χ1v) is 8.33. The molecule has 1 atom stereocenters. The molecule has 1 aromatic rings. The van der Waals surface area contributed by atoms with Crippen molar-refractivity contribution in [1.29, 1.82) is 0 Å². The Bertz CT molecular complexity index is 660. The van der Waals surface area contributed by atoms with E-state index in [4.69, 9.17) is 11.6 Å². The maximum atomic E-state index is 12.4. The van der Waals surface area contributed by atoms with Gasteiger partial charge in [-0.05, 0) is 30.5 Å². The minimum atomic E-state index is -0.577. The Morgan fingerprint density at radius 2 is 2.08 bits per heavy atom. The van der Waals surface area contributed by atoms with E-state index in [1.54, 1.807) is 18.2 Å². The molecule has 2 N–H and O–H groups in total. The van der Waals surface area contributed by atoms with Crippen molar-refractivity contribution in [2.75, 3.05) is 17.2 Å². The summed E-state index contributed by atoms with van der Waals surface area (Å²) < 4.78 is 0. The molecule has 1 aromatic carbocycles. The number of hydrogen-bond donors (Lipinski definition) is 2. The van der Waals surface area contributed by atoms with Gasteiger partial charge in [0.2, 0.25) is 11.8 Å². The zero-order valence-electron chi connectivity index (χ0n) is 14.1.